The molecular weight excluding hydrogens is 291 g/mol. The minimum Gasteiger partial charge on any atom is -0.308 e. The number of nitro groups is 1. The number of para-hydroxylation sites is 1. The standard InChI is InChI=1S/C14H13FN4O3/c15-11-4-1-2-5-12(11)17-7-3-6-13(14(17)20)18-9-10(8-16-18)19(21)22/h1-2,4-5,8-9,13H,3,6-7H2/t13-/m0/s1. The maximum Gasteiger partial charge on any atom is 0.307 e. The van der Waals surface area contributed by atoms with E-state index in [1.807, 2.05) is 0 Å². The lowest BCUT2D eigenvalue weighted by Crippen LogP contribution is -2.42. The Morgan fingerprint density at radius 3 is 2.82 bits per heavy atom. The second-order valence-electron chi connectivity index (χ2n) is 5.03. The Morgan fingerprint density at radius 2 is 2.14 bits per heavy atom. The lowest BCUT2D eigenvalue weighted by molar-refractivity contribution is -0.385. The first-order valence-corrected chi connectivity index (χ1v) is 6.82. The average Bonchev–Trinajstić information content (AvgIpc) is 2.98. The van der Waals surface area contributed by atoms with Crippen LogP contribution in [0.15, 0.2) is 36.7 Å². The van der Waals surface area contributed by atoms with E-state index in [1.54, 1.807) is 18.2 Å². The van der Waals surface area contributed by atoms with Crippen molar-refractivity contribution >= 4 is 17.3 Å². The van der Waals surface area contributed by atoms with E-state index in [1.165, 1.54) is 21.8 Å². The minimum atomic E-state index is -0.651. The van der Waals surface area contributed by atoms with Crippen LogP contribution in [0, 0.1) is 15.9 Å². The molecule has 1 fully saturated rings. The number of anilines is 1. The highest BCUT2D eigenvalue weighted by Gasteiger charge is 2.33. The first kappa shape index (κ1) is 14.2. The normalized spacial score (nSPS) is 18.5. The summed E-state index contributed by atoms with van der Waals surface area (Å²) in [5, 5.41) is 14.6. The molecule has 0 unspecified atom stereocenters. The first-order valence-electron chi connectivity index (χ1n) is 6.82. The Hall–Kier alpha value is -2.77. The lowest BCUT2D eigenvalue weighted by Gasteiger charge is -2.32. The lowest BCUT2D eigenvalue weighted by atomic mass is 10.0. The predicted octanol–water partition coefficient (Wildman–Crippen LogP) is 2.30. The summed E-state index contributed by atoms with van der Waals surface area (Å²) in [6.07, 6.45) is 3.52. The SMILES string of the molecule is O=C1[C@@H](n2cc([N+](=O)[O-])cn2)CCCN1c1ccccc1F. The molecule has 3 rings (SSSR count). The third-order valence-corrected chi connectivity index (χ3v) is 3.67. The molecule has 0 aliphatic carbocycles. The van der Waals surface area contributed by atoms with Gasteiger partial charge in [0.05, 0.1) is 10.6 Å². The van der Waals surface area contributed by atoms with Gasteiger partial charge < -0.3 is 4.90 Å². The van der Waals surface area contributed by atoms with Crippen molar-refractivity contribution in [2.24, 2.45) is 0 Å². The number of carbonyl (C=O) groups excluding carboxylic acids is 1. The molecule has 1 aromatic carbocycles. The molecule has 1 saturated heterocycles. The molecule has 2 heterocycles. The Morgan fingerprint density at radius 1 is 1.36 bits per heavy atom. The number of benzene rings is 1. The summed E-state index contributed by atoms with van der Waals surface area (Å²) >= 11 is 0. The smallest absolute Gasteiger partial charge is 0.307 e. The van der Waals surface area contributed by atoms with Gasteiger partial charge in [0.15, 0.2) is 0 Å². The van der Waals surface area contributed by atoms with Crippen molar-refractivity contribution in [3.05, 3.63) is 52.6 Å². The Labute approximate surface area is 125 Å². The molecule has 114 valence electrons. The van der Waals surface area contributed by atoms with Crippen molar-refractivity contribution in [2.45, 2.75) is 18.9 Å². The molecule has 0 N–H and O–H groups in total. The summed E-state index contributed by atoms with van der Waals surface area (Å²) < 4.78 is 15.2. The van der Waals surface area contributed by atoms with Gasteiger partial charge in [0, 0.05) is 6.54 Å². The molecule has 1 aromatic heterocycles. The van der Waals surface area contributed by atoms with Gasteiger partial charge in [-0.15, -0.1) is 0 Å². The van der Waals surface area contributed by atoms with Gasteiger partial charge in [-0.05, 0) is 25.0 Å². The number of hydrogen-bond donors (Lipinski definition) is 0. The van der Waals surface area contributed by atoms with Gasteiger partial charge in [-0.2, -0.15) is 5.10 Å². The van der Waals surface area contributed by atoms with Crippen LogP contribution in [0.5, 0.6) is 0 Å². The van der Waals surface area contributed by atoms with Crippen molar-refractivity contribution in [1.82, 2.24) is 9.78 Å². The maximum atomic E-state index is 13.9. The Kier molecular flexibility index (Phi) is 3.58. The minimum absolute atomic E-state index is 0.171. The number of rotatable bonds is 3. The topological polar surface area (TPSA) is 81.3 Å². The molecule has 2 aromatic rings. The van der Waals surface area contributed by atoms with Gasteiger partial charge >= 0.3 is 5.69 Å². The van der Waals surface area contributed by atoms with Gasteiger partial charge in [0.2, 0.25) is 0 Å². The second kappa shape index (κ2) is 5.55. The third kappa shape index (κ3) is 2.43. The third-order valence-electron chi connectivity index (χ3n) is 3.67. The van der Waals surface area contributed by atoms with E-state index in [2.05, 4.69) is 5.10 Å². The second-order valence-corrected chi connectivity index (χ2v) is 5.03. The van der Waals surface area contributed by atoms with E-state index >= 15 is 0 Å². The fourth-order valence-corrected chi connectivity index (χ4v) is 2.60. The summed E-state index contributed by atoms with van der Waals surface area (Å²) in [7, 11) is 0. The van der Waals surface area contributed by atoms with Crippen LogP contribution < -0.4 is 4.90 Å². The van der Waals surface area contributed by atoms with Crippen LogP contribution in [-0.4, -0.2) is 27.2 Å². The van der Waals surface area contributed by atoms with E-state index in [-0.39, 0.29) is 17.3 Å². The molecule has 7 nitrogen and oxygen atoms in total. The van der Waals surface area contributed by atoms with Crippen LogP contribution in [0.2, 0.25) is 0 Å². The van der Waals surface area contributed by atoms with Crippen LogP contribution in [-0.2, 0) is 4.79 Å². The number of halogens is 1. The molecule has 1 atom stereocenters. The molecule has 8 heteroatoms. The zero-order chi connectivity index (χ0) is 15.7. The number of nitrogens with zero attached hydrogens (tertiary/aromatic N) is 4. The summed E-state index contributed by atoms with van der Waals surface area (Å²) in [6, 6.07) is 5.41. The number of piperidine rings is 1. The van der Waals surface area contributed by atoms with Crippen LogP contribution >= 0.6 is 0 Å². The van der Waals surface area contributed by atoms with Crippen LogP contribution in [0.1, 0.15) is 18.9 Å². The van der Waals surface area contributed by atoms with Crippen molar-refractivity contribution in [3.63, 3.8) is 0 Å². The molecule has 0 bridgehead atoms. The fourth-order valence-electron chi connectivity index (χ4n) is 2.60. The number of hydrogen-bond acceptors (Lipinski definition) is 4. The Balaban J connectivity index is 1.89. The van der Waals surface area contributed by atoms with E-state index in [4.69, 9.17) is 0 Å². The Bertz CT molecular complexity index is 730. The van der Waals surface area contributed by atoms with Crippen molar-refractivity contribution in [2.75, 3.05) is 11.4 Å². The van der Waals surface area contributed by atoms with Crippen molar-refractivity contribution < 1.29 is 14.1 Å². The zero-order valence-electron chi connectivity index (χ0n) is 11.6. The number of amides is 1. The first-order chi connectivity index (χ1) is 10.6. The fraction of sp³-hybridized carbons (Fsp3) is 0.286. The van der Waals surface area contributed by atoms with Gasteiger partial charge in [-0.25, -0.2) is 4.39 Å². The number of carbonyl (C=O) groups is 1. The molecule has 0 saturated carbocycles. The van der Waals surface area contributed by atoms with Gasteiger partial charge in [0.1, 0.15) is 24.3 Å². The van der Waals surface area contributed by atoms with Gasteiger partial charge in [-0.1, -0.05) is 12.1 Å². The van der Waals surface area contributed by atoms with Crippen LogP contribution in [0.3, 0.4) is 0 Å². The van der Waals surface area contributed by atoms with Crippen LogP contribution in [0.25, 0.3) is 0 Å². The van der Waals surface area contributed by atoms with E-state index in [0.29, 0.717) is 19.4 Å². The maximum absolute atomic E-state index is 13.9. The monoisotopic (exact) mass is 304 g/mol. The van der Waals surface area contributed by atoms with Crippen LogP contribution in [0.4, 0.5) is 15.8 Å². The molecule has 0 spiro atoms. The van der Waals surface area contributed by atoms with Crippen molar-refractivity contribution in [1.29, 1.82) is 0 Å². The predicted molar refractivity (Wildman–Crippen MR) is 75.9 cm³/mol. The summed E-state index contributed by atoms with van der Waals surface area (Å²) in [6.45, 7) is 0.416. The van der Waals surface area contributed by atoms with Gasteiger partial charge in [-0.3, -0.25) is 19.6 Å². The highest BCUT2D eigenvalue weighted by atomic mass is 19.1. The van der Waals surface area contributed by atoms with Crippen molar-refractivity contribution in [3.8, 4) is 0 Å². The summed E-state index contributed by atoms with van der Waals surface area (Å²) in [4.78, 5) is 24.1. The van der Waals surface area contributed by atoms with E-state index < -0.39 is 16.8 Å². The molecule has 1 aliphatic rings. The average molecular weight is 304 g/mol. The summed E-state index contributed by atoms with van der Waals surface area (Å²) in [5.41, 5.74) is 0.0506. The molecule has 1 aliphatic heterocycles. The highest BCUT2D eigenvalue weighted by molar-refractivity contribution is 5.96. The highest BCUT2D eigenvalue weighted by Crippen LogP contribution is 2.29. The van der Waals surface area contributed by atoms with E-state index in [0.717, 1.165) is 6.20 Å². The quantitative estimate of drug-likeness (QED) is 0.643. The zero-order valence-corrected chi connectivity index (χ0v) is 11.6. The number of aromatic nitrogens is 2. The largest absolute Gasteiger partial charge is 0.308 e. The summed E-state index contributed by atoms with van der Waals surface area (Å²) in [5.74, 6) is -0.780. The van der Waals surface area contributed by atoms with Gasteiger partial charge in [0.25, 0.3) is 5.91 Å². The molecular formula is C14H13FN4O3. The van der Waals surface area contributed by atoms with E-state index in [9.17, 15) is 19.3 Å². The molecule has 22 heavy (non-hydrogen) atoms. The molecule has 1 amide bonds. The molecule has 0 radical (unpaired) electrons.